The average molecular weight is 464 g/mol. The molecule has 0 aliphatic carbocycles. The van der Waals surface area contributed by atoms with Crippen molar-refractivity contribution in [3.05, 3.63) is 29.8 Å². The largest absolute Gasteiger partial charge is 0.480 e. The monoisotopic (exact) mass is 462 g/mol. The lowest BCUT2D eigenvalue weighted by Gasteiger charge is -2.14. The summed E-state index contributed by atoms with van der Waals surface area (Å²) in [5, 5.41) is 9.07. The molecule has 0 saturated carbocycles. The first-order chi connectivity index (χ1) is 12.2. The van der Waals surface area contributed by atoms with Crippen molar-refractivity contribution in [2.75, 3.05) is 18.3 Å². The third kappa shape index (κ3) is 12.2. The Kier molecular flexibility index (Phi) is 15.8. The number of hydrogen-bond acceptors (Lipinski definition) is 5. The van der Waals surface area contributed by atoms with Crippen LogP contribution in [0.25, 0.3) is 0 Å². The third-order valence-electron chi connectivity index (χ3n) is 3.17. The maximum absolute atomic E-state index is 12.1. The van der Waals surface area contributed by atoms with Crippen molar-refractivity contribution in [3.63, 3.8) is 0 Å². The van der Waals surface area contributed by atoms with Gasteiger partial charge in [-0.25, -0.2) is 8.42 Å². The maximum atomic E-state index is 12.1. The van der Waals surface area contributed by atoms with Crippen molar-refractivity contribution >= 4 is 57.4 Å². The van der Waals surface area contributed by atoms with Gasteiger partial charge in [0.05, 0.1) is 16.7 Å². The molecule has 0 fully saturated rings. The van der Waals surface area contributed by atoms with Gasteiger partial charge in [0.1, 0.15) is 6.04 Å². The van der Waals surface area contributed by atoms with Crippen molar-refractivity contribution in [2.45, 2.75) is 37.1 Å². The molecule has 0 aromatic heterocycles. The summed E-state index contributed by atoms with van der Waals surface area (Å²) in [6, 6.07) is 5.11. The van der Waals surface area contributed by atoms with E-state index in [9.17, 15) is 18.0 Å². The minimum Gasteiger partial charge on any atom is -0.480 e. The van der Waals surface area contributed by atoms with E-state index in [0.29, 0.717) is 19.4 Å². The number of aliphatic carboxylic acids is 1. The summed E-state index contributed by atoms with van der Waals surface area (Å²) in [4.78, 5) is 21.1. The first-order valence-corrected chi connectivity index (χ1v) is 10.4. The zero-order chi connectivity index (χ0) is 20.2. The van der Waals surface area contributed by atoms with Gasteiger partial charge in [-0.1, -0.05) is 24.1 Å². The van der Waals surface area contributed by atoms with E-state index in [1.54, 1.807) is 12.1 Å². The fourth-order valence-electron chi connectivity index (χ4n) is 1.73. The highest BCUT2D eigenvalue weighted by molar-refractivity contribution is 7.89. The molecule has 1 atom stereocenters. The summed E-state index contributed by atoms with van der Waals surface area (Å²) in [6.07, 6.45) is 1.44. The van der Waals surface area contributed by atoms with Crippen LogP contribution in [0.5, 0.6) is 0 Å². The molecule has 1 unspecified atom stereocenters. The van der Waals surface area contributed by atoms with E-state index in [-0.39, 0.29) is 41.3 Å². The topological polar surface area (TPSA) is 127 Å². The van der Waals surface area contributed by atoms with Crippen LogP contribution in [0.3, 0.4) is 0 Å². The number of carboxylic acid groups (broad SMARTS) is 1. The zero-order valence-electron chi connectivity index (χ0n) is 14.9. The number of Topliss-reactive ketones (excluding diaryl/α,β-unsaturated/α-hetero) is 1. The van der Waals surface area contributed by atoms with Gasteiger partial charge in [-0.05, 0) is 38.4 Å². The van der Waals surface area contributed by atoms with Crippen LogP contribution < -0.4 is 10.5 Å². The van der Waals surface area contributed by atoms with Crippen LogP contribution >= 0.6 is 35.6 Å². The van der Waals surface area contributed by atoms with Crippen molar-refractivity contribution in [3.8, 4) is 0 Å². The fourth-order valence-corrected chi connectivity index (χ4v) is 3.24. The average Bonchev–Trinajstić information content (AvgIpc) is 2.61. The van der Waals surface area contributed by atoms with Crippen LogP contribution in [-0.2, 0) is 19.6 Å². The van der Waals surface area contributed by atoms with Gasteiger partial charge in [-0.3, -0.25) is 9.59 Å². The molecule has 0 aliphatic heterocycles. The Balaban J connectivity index is 0. The molecule has 0 saturated heterocycles. The van der Waals surface area contributed by atoms with Crippen LogP contribution in [-0.4, -0.2) is 49.6 Å². The SMILES string of the molecule is Cc1ccc(S(=O)(=O)NC(CCCCN)C(=O)O)cc1.Cl.O=C(CCl)CCl. The Labute approximate surface area is 176 Å². The summed E-state index contributed by atoms with van der Waals surface area (Å²) in [5.41, 5.74) is 6.27. The molecular formula is C16H25Cl3N2O5S. The molecule has 1 aromatic carbocycles. The van der Waals surface area contributed by atoms with Gasteiger partial charge in [0.15, 0.2) is 5.78 Å². The van der Waals surface area contributed by atoms with E-state index in [1.807, 2.05) is 6.92 Å². The normalized spacial score (nSPS) is 11.6. The lowest BCUT2D eigenvalue weighted by molar-refractivity contribution is -0.139. The molecule has 1 rings (SSSR count). The van der Waals surface area contributed by atoms with Crippen LogP contribution in [0.1, 0.15) is 24.8 Å². The molecule has 1 aromatic rings. The van der Waals surface area contributed by atoms with E-state index in [0.717, 1.165) is 5.56 Å². The summed E-state index contributed by atoms with van der Waals surface area (Å²) in [6.45, 7) is 2.30. The number of nitrogens with one attached hydrogen (secondary N) is 1. The molecule has 11 heteroatoms. The molecule has 0 spiro atoms. The second-order valence-corrected chi connectivity index (χ2v) is 7.66. The van der Waals surface area contributed by atoms with E-state index < -0.39 is 22.0 Å². The highest BCUT2D eigenvalue weighted by Gasteiger charge is 2.24. The van der Waals surface area contributed by atoms with Crippen molar-refractivity contribution in [1.82, 2.24) is 4.72 Å². The summed E-state index contributed by atoms with van der Waals surface area (Å²) in [7, 11) is -3.82. The number of unbranched alkanes of at least 4 members (excludes halogenated alkanes) is 1. The van der Waals surface area contributed by atoms with Crippen LogP contribution in [0.2, 0.25) is 0 Å². The van der Waals surface area contributed by atoms with Crippen LogP contribution in [0, 0.1) is 6.92 Å². The molecule has 0 bridgehead atoms. The minimum absolute atomic E-state index is 0. The summed E-state index contributed by atoms with van der Waals surface area (Å²) >= 11 is 10.0. The van der Waals surface area contributed by atoms with Gasteiger partial charge in [0.25, 0.3) is 0 Å². The summed E-state index contributed by atoms with van der Waals surface area (Å²) in [5.74, 6) is -1.25. The lowest BCUT2D eigenvalue weighted by Crippen LogP contribution is -2.40. The van der Waals surface area contributed by atoms with Gasteiger partial charge in [-0.2, -0.15) is 4.72 Å². The third-order valence-corrected chi connectivity index (χ3v) is 5.26. The number of carbonyl (C=O) groups excluding carboxylic acids is 1. The molecule has 156 valence electrons. The van der Waals surface area contributed by atoms with Gasteiger partial charge in [-0.15, -0.1) is 35.6 Å². The quantitative estimate of drug-likeness (QED) is 0.361. The highest BCUT2D eigenvalue weighted by Crippen LogP contribution is 2.12. The number of benzene rings is 1. The number of halogens is 3. The molecule has 0 amide bonds. The number of ketones is 1. The Morgan fingerprint density at radius 1 is 1.15 bits per heavy atom. The number of aryl methyl sites for hydroxylation is 1. The Bertz CT molecular complexity index is 663. The number of hydrogen-bond donors (Lipinski definition) is 3. The zero-order valence-corrected chi connectivity index (χ0v) is 18.0. The first-order valence-electron chi connectivity index (χ1n) is 7.83. The minimum atomic E-state index is -3.82. The highest BCUT2D eigenvalue weighted by atomic mass is 35.5. The van der Waals surface area contributed by atoms with E-state index in [4.69, 9.17) is 34.0 Å². The second kappa shape index (κ2) is 15.1. The number of rotatable bonds is 10. The van der Waals surface area contributed by atoms with Crippen molar-refractivity contribution < 1.29 is 23.1 Å². The predicted molar refractivity (Wildman–Crippen MR) is 110 cm³/mol. The van der Waals surface area contributed by atoms with Gasteiger partial charge >= 0.3 is 5.97 Å². The molecule has 0 heterocycles. The fraction of sp³-hybridized carbons (Fsp3) is 0.500. The Morgan fingerprint density at radius 2 is 1.67 bits per heavy atom. The number of sulfonamides is 1. The van der Waals surface area contributed by atoms with Crippen molar-refractivity contribution in [2.24, 2.45) is 5.73 Å². The van der Waals surface area contributed by atoms with Crippen LogP contribution in [0.4, 0.5) is 0 Å². The molecule has 0 aliphatic rings. The van der Waals surface area contributed by atoms with E-state index in [1.165, 1.54) is 12.1 Å². The van der Waals surface area contributed by atoms with Gasteiger partial charge in [0.2, 0.25) is 10.0 Å². The molecule has 27 heavy (non-hydrogen) atoms. The molecule has 7 nitrogen and oxygen atoms in total. The maximum Gasteiger partial charge on any atom is 0.321 e. The smallest absolute Gasteiger partial charge is 0.321 e. The van der Waals surface area contributed by atoms with Gasteiger partial charge < -0.3 is 10.8 Å². The van der Waals surface area contributed by atoms with E-state index in [2.05, 4.69) is 4.72 Å². The predicted octanol–water partition coefficient (Wildman–Crippen LogP) is 2.31. The van der Waals surface area contributed by atoms with Gasteiger partial charge in [0, 0.05) is 0 Å². The molecular weight excluding hydrogens is 439 g/mol. The summed E-state index contributed by atoms with van der Waals surface area (Å²) < 4.78 is 26.4. The van der Waals surface area contributed by atoms with Crippen molar-refractivity contribution in [1.29, 1.82) is 0 Å². The van der Waals surface area contributed by atoms with Crippen LogP contribution in [0.15, 0.2) is 29.2 Å². The number of carbonyl (C=O) groups is 2. The Morgan fingerprint density at radius 3 is 2.04 bits per heavy atom. The number of alkyl halides is 2. The second-order valence-electron chi connectivity index (χ2n) is 5.42. The number of carboxylic acids is 1. The Hall–Kier alpha value is -0.900. The first kappa shape index (κ1) is 28.3. The molecule has 0 radical (unpaired) electrons. The molecule has 4 N–H and O–H groups in total. The number of nitrogens with two attached hydrogens (primary N) is 1. The standard InChI is InChI=1S/C13H20N2O4S.C3H4Cl2O.ClH/c1-10-5-7-11(8-6-10)20(18,19)15-12(13(16)17)4-2-3-9-14;4-1-3(6)2-5;/h5-8,12,15H,2-4,9,14H2,1H3,(H,16,17);1-2H2;1H. The lowest BCUT2D eigenvalue weighted by atomic mass is 10.1. The van der Waals surface area contributed by atoms with E-state index >= 15 is 0 Å².